The predicted molar refractivity (Wildman–Crippen MR) is 88.5 cm³/mol. The van der Waals surface area contributed by atoms with Crippen molar-refractivity contribution in [2.45, 2.75) is 40.5 Å². The molecule has 1 N–H and O–H groups in total. The summed E-state index contributed by atoms with van der Waals surface area (Å²) in [4.78, 5) is 24.5. The van der Waals surface area contributed by atoms with Crippen molar-refractivity contribution < 1.29 is 19.1 Å². The van der Waals surface area contributed by atoms with E-state index in [-0.39, 0.29) is 11.9 Å². The summed E-state index contributed by atoms with van der Waals surface area (Å²) in [7, 11) is 1.65. The average molecular weight is 327 g/mol. The topological polar surface area (TPSA) is 64.6 Å². The third-order valence-electron chi connectivity index (χ3n) is 3.00. The Morgan fingerprint density at radius 3 is 2.45 bits per heavy atom. The number of amides is 1. The molecule has 0 saturated carbocycles. The van der Waals surface area contributed by atoms with Gasteiger partial charge in [0.15, 0.2) is 0 Å². The molecule has 0 unspecified atom stereocenters. The van der Waals surface area contributed by atoms with Gasteiger partial charge in [-0.1, -0.05) is 20.8 Å². The number of rotatable bonds is 7. The molecule has 1 aromatic rings. The zero-order valence-electron chi connectivity index (χ0n) is 13.9. The molecule has 22 heavy (non-hydrogen) atoms. The number of unbranched alkanes of at least 4 members (excludes halogenated alkanes) is 1. The van der Waals surface area contributed by atoms with E-state index in [1.807, 2.05) is 27.7 Å². The van der Waals surface area contributed by atoms with Crippen molar-refractivity contribution in [2.24, 2.45) is 5.41 Å². The second-order valence-electron chi connectivity index (χ2n) is 6.16. The molecular formula is C16H25NO4S. The van der Waals surface area contributed by atoms with Crippen LogP contribution in [0.5, 0.6) is 0 Å². The molecule has 1 amide bonds. The number of thiophene rings is 1. The molecule has 6 heteroatoms. The summed E-state index contributed by atoms with van der Waals surface area (Å²) in [6.07, 6.45) is 1.64. The molecule has 0 radical (unpaired) electrons. The lowest BCUT2D eigenvalue weighted by molar-refractivity contribution is -0.123. The number of carbonyl (C=O) groups is 2. The Morgan fingerprint density at radius 2 is 1.86 bits per heavy atom. The highest BCUT2D eigenvalue weighted by molar-refractivity contribution is 7.18. The van der Waals surface area contributed by atoms with Crippen LogP contribution in [0.1, 0.15) is 48.8 Å². The van der Waals surface area contributed by atoms with Gasteiger partial charge in [0.05, 0.1) is 11.6 Å². The number of aryl methyl sites for hydroxylation is 1. The quantitative estimate of drug-likeness (QED) is 0.613. The van der Waals surface area contributed by atoms with Crippen LogP contribution >= 0.6 is 11.3 Å². The molecule has 0 fully saturated rings. The molecule has 0 saturated heterocycles. The van der Waals surface area contributed by atoms with Crippen molar-refractivity contribution in [2.75, 3.05) is 25.6 Å². The van der Waals surface area contributed by atoms with Crippen molar-refractivity contribution in [1.82, 2.24) is 0 Å². The maximum atomic E-state index is 12.0. The van der Waals surface area contributed by atoms with Crippen LogP contribution in [0.4, 0.5) is 5.00 Å². The van der Waals surface area contributed by atoms with Crippen molar-refractivity contribution in [3.63, 3.8) is 0 Å². The van der Waals surface area contributed by atoms with Crippen molar-refractivity contribution in [1.29, 1.82) is 0 Å². The van der Waals surface area contributed by atoms with Gasteiger partial charge in [-0.2, -0.15) is 0 Å². The summed E-state index contributed by atoms with van der Waals surface area (Å²) in [6, 6.07) is 1.80. The van der Waals surface area contributed by atoms with Gasteiger partial charge in [-0.25, -0.2) is 4.79 Å². The minimum atomic E-state index is -0.472. The highest BCUT2D eigenvalue weighted by Crippen LogP contribution is 2.29. The number of methoxy groups -OCH3 is 1. The average Bonchev–Trinajstić information content (AvgIpc) is 2.78. The first kappa shape index (κ1) is 18.6. The largest absolute Gasteiger partial charge is 0.461 e. The smallest absolute Gasteiger partial charge is 0.348 e. The molecule has 124 valence electrons. The first-order valence-corrected chi connectivity index (χ1v) is 8.15. The fourth-order valence-corrected chi connectivity index (χ4v) is 2.59. The molecule has 0 aliphatic heterocycles. The van der Waals surface area contributed by atoms with E-state index in [9.17, 15) is 9.59 Å². The monoisotopic (exact) mass is 327 g/mol. The summed E-state index contributed by atoms with van der Waals surface area (Å²) >= 11 is 1.25. The maximum absolute atomic E-state index is 12.0. The van der Waals surface area contributed by atoms with Crippen LogP contribution in [-0.4, -0.2) is 32.2 Å². The normalized spacial score (nSPS) is 11.3. The molecule has 1 rings (SSSR count). The van der Waals surface area contributed by atoms with E-state index >= 15 is 0 Å². The second kappa shape index (κ2) is 8.29. The first-order valence-electron chi connectivity index (χ1n) is 7.33. The first-order chi connectivity index (χ1) is 10.3. The molecule has 0 aliphatic rings. The lowest BCUT2D eigenvalue weighted by Gasteiger charge is -2.16. The van der Waals surface area contributed by atoms with Gasteiger partial charge in [0.2, 0.25) is 5.91 Å². The van der Waals surface area contributed by atoms with E-state index < -0.39 is 5.41 Å². The second-order valence-corrected chi connectivity index (χ2v) is 7.21. The number of nitrogens with one attached hydrogen (secondary N) is 1. The predicted octanol–water partition coefficient (Wildman–Crippen LogP) is 3.62. The van der Waals surface area contributed by atoms with Crippen LogP contribution in [0.15, 0.2) is 6.07 Å². The SMILES string of the molecule is COCCCCOC(=O)c1sc(NC(=O)C(C)(C)C)cc1C. The Kier molecular flexibility index (Phi) is 7.03. The number of carbonyl (C=O) groups excluding carboxylic acids is 2. The standard InChI is InChI=1S/C16H25NO4S/c1-11-10-12(17-15(19)16(2,3)4)22-13(11)14(18)21-9-7-6-8-20-5/h10H,6-9H2,1-5H3,(H,17,19). The molecule has 0 spiro atoms. The molecule has 1 heterocycles. The number of esters is 1. The van der Waals surface area contributed by atoms with Gasteiger partial charge in [0.25, 0.3) is 0 Å². The third-order valence-corrected chi connectivity index (χ3v) is 4.13. The van der Waals surface area contributed by atoms with Gasteiger partial charge in [0.1, 0.15) is 4.88 Å². The third kappa shape index (κ3) is 5.77. The van der Waals surface area contributed by atoms with Gasteiger partial charge < -0.3 is 14.8 Å². The maximum Gasteiger partial charge on any atom is 0.348 e. The van der Waals surface area contributed by atoms with Gasteiger partial charge in [-0.05, 0) is 31.4 Å². The Morgan fingerprint density at radius 1 is 1.23 bits per heavy atom. The fraction of sp³-hybridized carbons (Fsp3) is 0.625. The van der Waals surface area contributed by atoms with E-state index in [4.69, 9.17) is 9.47 Å². The number of anilines is 1. The number of hydrogen-bond donors (Lipinski definition) is 1. The zero-order chi connectivity index (χ0) is 16.8. The molecule has 0 atom stereocenters. The number of ether oxygens (including phenoxy) is 2. The molecule has 0 aromatic carbocycles. The summed E-state index contributed by atoms with van der Waals surface area (Å²) < 4.78 is 10.2. The lowest BCUT2D eigenvalue weighted by Crippen LogP contribution is -2.27. The molecule has 0 aliphatic carbocycles. The van der Waals surface area contributed by atoms with E-state index in [0.717, 1.165) is 18.4 Å². The minimum absolute atomic E-state index is 0.0757. The number of hydrogen-bond acceptors (Lipinski definition) is 5. The van der Waals surface area contributed by atoms with Crippen LogP contribution in [-0.2, 0) is 14.3 Å². The van der Waals surface area contributed by atoms with Gasteiger partial charge in [0, 0.05) is 19.1 Å². The van der Waals surface area contributed by atoms with Crippen LogP contribution in [0.25, 0.3) is 0 Å². The Labute approximate surface area is 136 Å². The van der Waals surface area contributed by atoms with Crippen molar-refractivity contribution in [3.05, 3.63) is 16.5 Å². The fourth-order valence-electron chi connectivity index (χ4n) is 1.62. The van der Waals surface area contributed by atoms with Crippen LogP contribution < -0.4 is 5.32 Å². The highest BCUT2D eigenvalue weighted by Gasteiger charge is 2.23. The summed E-state index contributed by atoms with van der Waals surface area (Å²) in [6.45, 7) is 8.42. The van der Waals surface area contributed by atoms with E-state index in [0.29, 0.717) is 23.1 Å². The van der Waals surface area contributed by atoms with Gasteiger partial charge >= 0.3 is 5.97 Å². The van der Waals surface area contributed by atoms with Crippen LogP contribution in [0.2, 0.25) is 0 Å². The van der Waals surface area contributed by atoms with Crippen molar-refractivity contribution in [3.8, 4) is 0 Å². The van der Waals surface area contributed by atoms with Gasteiger partial charge in [-0.15, -0.1) is 11.3 Å². The minimum Gasteiger partial charge on any atom is -0.461 e. The van der Waals surface area contributed by atoms with E-state index in [1.165, 1.54) is 11.3 Å². The lowest BCUT2D eigenvalue weighted by atomic mass is 9.96. The molecule has 1 aromatic heterocycles. The van der Waals surface area contributed by atoms with Crippen LogP contribution in [0.3, 0.4) is 0 Å². The van der Waals surface area contributed by atoms with Gasteiger partial charge in [-0.3, -0.25) is 4.79 Å². The summed E-state index contributed by atoms with van der Waals surface area (Å²) in [5.74, 6) is -0.413. The summed E-state index contributed by atoms with van der Waals surface area (Å²) in [5, 5.41) is 3.51. The van der Waals surface area contributed by atoms with Crippen LogP contribution in [0, 0.1) is 12.3 Å². The van der Waals surface area contributed by atoms with E-state index in [2.05, 4.69) is 5.32 Å². The Balaban J connectivity index is 2.58. The zero-order valence-corrected chi connectivity index (χ0v) is 14.8. The highest BCUT2D eigenvalue weighted by atomic mass is 32.1. The summed E-state index contributed by atoms with van der Waals surface area (Å²) in [5.41, 5.74) is 0.344. The Bertz CT molecular complexity index is 517. The molecule has 5 nitrogen and oxygen atoms in total. The van der Waals surface area contributed by atoms with Crippen molar-refractivity contribution >= 4 is 28.2 Å². The molecule has 0 bridgehead atoms. The Hall–Kier alpha value is -1.40. The van der Waals surface area contributed by atoms with E-state index in [1.54, 1.807) is 13.2 Å². The molecular weight excluding hydrogens is 302 g/mol.